The summed E-state index contributed by atoms with van der Waals surface area (Å²) >= 11 is 3.56. The molecule has 4 nitrogen and oxygen atoms in total. The zero-order chi connectivity index (χ0) is 15.3. The SMILES string of the molecule is Cc1cc(C)c(N2C(=O)C(C3CC3)NC(=O)C2C)c(Br)c1. The molecule has 0 spiro atoms. The molecular formula is C16H19BrN2O2. The van der Waals surface area contributed by atoms with Gasteiger partial charge in [-0.25, -0.2) is 0 Å². The summed E-state index contributed by atoms with van der Waals surface area (Å²) in [7, 11) is 0. The predicted octanol–water partition coefficient (Wildman–Crippen LogP) is 2.70. The van der Waals surface area contributed by atoms with E-state index < -0.39 is 6.04 Å². The maximum atomic E-state index is 12.8. The van der Waals surface area contributed by atoms with Gasteiger partial charge in [0.15, 0.2) is 0 Å². The molecule has 0 aromatic heterocycles. The molecule has 0 radical (unpaired) electrons. The smallest absolute Gasteiger partial charge is 0.250 e. The molecular weight excluding hydrogens is 332 g/mol. The van der Waals surface area contributed by atoms with Crippen LogP contribution in [0, 0.1) is 19.8 Å². The lowest BCUT2D eigenvalue weighted by Crippen LogP contribution is -2.63. The average molecular weight is 351 g/mol. The third kappa shape index (κ3) is 2.48. The number of rotatable bonds is 2. The van der Waals surface area contributed by atoms with Crippen molar-refractivity contribution in [1.82, 2.24) is 5.32 Å². The normalized spacial score (nSPS) is 26.0. The first-order chi connectivity index (χ1) is 9.90. The Morgan fingerprint density at radius 3 is 2.48 bits per heavy atom. The first kappa shape index (κ1) is 14.6. The number of amides is 2. The minimum Gasteiger partial charge on any atom is -0.342 e. The number of piperazine rings is 1. The van der Waals surface area contributed by atoms with E-state index in [2.05, 4.69) is 21.2 Å². The molecule has 1 saturated carbocycles. The van der Waals surface area contributed by atoms with E-state index in [1.165, 1.54) is 0 Å². The van der Waals surface area contributed by atoms with Gasteiger partial charge in [0, 0.05) is 4.47 Å². The molecule has 3 rings (SSSR count). The van der Waals surface area contributed by atoms with E-state index >= 15 is 0 Å². The van der Waals surface area contributed by atoms with Crippen LogP contribution in [0.1, 0.15) is 30.9 Å². The second-order valence-electron chi connectivity index (χ2n) is 6.12. The Labute approximate surface area is 133 Å². The summed E-state index contributed by atoms with van der Waals surface area (Å²) in [4.78, 5) is 26.7. The van der Waals surface area contributed by atoms with Gasteiger partial charge in [-0.2, -0.15) is 0 Å². The zero-order valence-electron chi connectivity index (χ0n) is 12.4. The average Bonchev–Trinajstić information content (AvgIpc) is 3.21. The Balaban J connectivity index is 2.06. The van der Waals surface area contributed by atoms with Crippen LogP contribution in [0.3, 0.4) is 0 Å². The molecule has 2 fully saturated rings. The first-order valence-electron chi connectivity index (χ1n) is 7.30. The summed E-state index contributed by atoms with van der Waals surface area (Å²) in [5.41, 5.74) is 2.95. The number of nitrogens with one attached hydrogen (secondary N) is 1. The monoisotopic (exact) mass is 350 g/mol. The topological polar surface area (TPSA) is 49.4 Å². The van der Waals surface area contributed by atoms with Gasteiger partial charge in [-0.05, 0) is 72.7 Å². The molecule has 1 saturated heterocycles. The first-order valence-corrected chi connectivity index (χ1v) is 8.09. The number of carbonyl (C=O) groups is 2. The van der Waals surface area contributed by atoms with Gasteiger partial charge in [-0.1, -0.05) is 6.07 Å². The highest BCUT2D eigenvalue weighted by atomic mass is 79.9. The van der Waals surface area contributed by atoms with Gasteiger partial charge in [-0.15, -0.1) is 0 Å². The molecule has 0 bridgehead atoms. The van der Waals surface area contributed by atoms with E-state index in [-0.39, 0.29) is 17.9 Å². The Morgan fingerprint density at radius 1 is 1.24 bits per heavy atom. The van der Waals surface area contributed by atoms with Gasteiger partial charge in [0.05, 0.1) is 5.69 Å². The minimum absolute atomic E-state index is 0.0113. The van der Waals surface area contributed by atoms with Crippen LogP contribution in [-0.2, 0) is 9.59 Å². The maximum absolute atomic E-state index is 12.8. The Morgan fingerprint density at radius 2 is 1.90 bits per heavy atom. The van der Waals surface area contributed by atoms with Gasteiger partial charge < -0.3 is 5.32 Å². The fraction of sp³-hybridized carbons (Fsp3) is 0.500. The molecule has 2 amide bonds. The van der Waals surface area contributed by atoms with Crippen LogP contribution >= 0.6 is 15.9 Å². The van der Waals surface area contributed by atoms with Crippen LogP contribution in [0.5, 0.6) is 0 Å². The molecule has 1 aromatic rings. The van der Waals surface area contributed by atoms with Crippen molar-refractivity contribution >= 4 is 33.4 Å². The lowest BCUT2D eigenvalue weighted by molar-refractivity contribution is -0.134. The van der Waals surface area contributed by atoms with E-state index in [0.29, 0.717) is 5.92 Å². The second-order valence-corrected chi connectivity index (χ2v) is 6.97. The second kappa shape index (κ2) is 5.13. The molecule has 21 heavy (non-hydrogen) atoms. The Hall–Kier alpha value is -1.36. The molecule has 2 unspecified atom stereocenters. The highest BCUT2D eigenvalue weighted by Gasteiger charge is 2.46. The number of anilines is 1. The van der Waals surface area contributed by atoms with Crippen molar-refractivity contribution in [3.05, 3.63) is 27.7 Å². The summed E-state index contributed by atoms with van der Waals surface area (Å²) in [5, 5.41) is 2.88. The van der Waals surface area contributed by atoms with Crippen molar-refractivity contribution in [2.75, 3.05) is 4.90 Å². The van der Waals surface area contributed by atoms with E-state index in [1.54, 1.807) is 11.8 Å². The number of halogens is 1. The molecule has 1 N–H and O–H groups in total. The zero-order valence-corrected chi connectivity index (χ0v) is 14.0. The summed E-state index contributed by atoms with van der Waals surface area (Å²) in [6.45, 7) is 5.77. The van der Waals surface area contributed by atoms with Crippen LogP contribution in [0.15, 0.2) is 16.6 Å². The lowest BCUT2D eigenvalue weighted by Gasteiger charge is -2.38. The van der Waals surface area contributed by atoms with Gasteiger partial charge in [0.2, 0.25) is 5.91 Å². The molecule has 2 atom stereocenters. The van der Waals surface area contributed by atoms with E-state index in [1.807, 2.05) is 26.0 Å². The number of nitrogens with zero attached hydrogens (tertiary/aromatic N) is 1. The molecule has 1 aromatic carbocycles. The van der Waals surface area contributed by atoms with Crippen molar-refractivity contribution in [1.29, 1.82) is 0 Å². The van der Waals surface area contributed by atoms with Crippen molar-refractivity contribution < 1.29 is 9.59 Å². The van der Waals surface area contributed by atoms with E-state index in [9.17, 15) is 9.59 Å². The molecule has 5 heteroatoms. The summed E-state index contributed by atoms with van der Waals surface area (Å²) < 4.78 is 0.865. The van der Waals surface area contributed by atoms with Crippen molar-refractivity contribution in [3.8, 4) is 0 Å². The molecule has 1 aliphatic heterocycles. The van der Waals surface area contributed by atoms with E-state index in [4.69, 9.17) is 0 Å². The highest BCUT2D eigenvalue weighted by Crippen LogP contribution is 2.39. The molecule has 112 valence electrons. The Kier molecular flexibility index (Phi) is 3.56. The van der Waals surface area contributed by atoms with Crippen molar-refractivity contribution in [2.24, 2.45) is 5.92 Å². The summed E-state index contributed by atoms with van der Waals surface area (Å²) in [6, 6.07) is 3.19. The quantitative estimate of drug-likeness (QED) is 0.891. The Bertz CT molecular complexity index is 602. The molecule has 1 aliphatic carbocycles. The fourth-order valence-electron chi connectivity index (χ4n) is 3.06. The van der Waals surface area contributed by atoms with Gasteiger partial charge >= 0.3 is 0 Å². The number of hydrogen-bond acceptors (Lipinski definition) is 2. The summed E-state index contributed by atoms with van der Waals surface area (Å²) in [6.07, 6.45) is 2.04. The lowest BCUT2D eigenvalue weighted by atomic mass is 10.0. The van der Waals surface area contributed by atoms with Crippen LogP contribution in [0.2, 0.25) is 0 Å². The van der Waals surface area contributed by atoms with Gasteiger partial charge in [0.25, 0.3) is 5.91 Å². The van der Waals surface area contributed by atoms with Crippen LogP contribution in [-0.4, -0.2) is 23.9 Å². The van der Waals surface area contributed by atoms with Crippen LogP contribution in [0.25, 0.3) is 0 Å². The number of benzene rings is 1. The van der Waals surface area contributed by atoms with Crippen LogP contribution in [0.4, 0.5) is 5.69 Å². The van der Waals surface area contributed by atoms with Gasteiger partial charge in [0.1, 0.15) is 12.1 Å². The van der Waals surface area contributed by atoms with Gasteiger partial charge in [-0.3, -0.25) is 14.5 Å². The predicted molar refractivity (Wildman–Crippen MR) is 85.2 cm³/mol. The van der Waals surface area contributed by atoms with Crippen LogP contribution < -0.4 is 10.2 Å². The highest BCUT2D eigenvalue weighted by molar-refractivity contribution is 9.10. The summed E-state index contributed by atoms with van der Waals surface area (Å²) in [5.74, 6) is 0.247. The van der Waals surface area contributed by atoms with Crippen molar-refractivity contribution in [3.63, 3.8) is 0 Å². The van der Waals surface area contributed by atoms with E-state index in [0.717, 1.165) is 34.1 Å². The van der Waals surface area contributed by atoms with Crippen molar-refractivity contribution in [2.45, 2.75) is 45.7 Å². The number of hydrogen-bond donors (Lipinski definition) is 1. The minimum atomic E-state index is -0.481. The third-order valence-electron chi connectivity index (χ3n) is 4.30. The number of aryl methyl sites for hydroxylation is 2. The molecule has 1 heterocycles. The maximum Gasteiger partial charge on any atom is 0.250 e. The standard InChI is InChI=1S/C16H19BrN2O2/c1-8-6-9(2)14(12(17)7-8)19-10(3)15(20)18-13(16(19)21)11-4-5-11/h6-7,10-11,13H,4-5H2,1-3H3,(H,18,20). The number of carbonyl (C=O) groups excluding carboxylic acids is 2. The third-order valence-corrected chi connectivity index (χ3v) is 4.91. The largest absolute Gasteiger partial charge is 0.342 e. The fourth-order valence-corrected chi connectivity index (χ4v) is 3.92. The molecule has 2 aliphatic rings.